The van der Waals surface area contributed by atoms with Crippen LogP contribution in [0.2, 0.25) is 0 Å². The van der Waals surface area contributed by atoms with E-state index in [-0.39, 0.29) is 83.2 Å². The van der Waals surface area contributed by atoms with Gasteiger partial charge in [-0.1, -0.05) is 37.3 Å². The summed E-state index contributed by atoms with van der Waals surface area (Å²) in [5.41, 5.74) is 1.82. The number of alkyl carbamates (subject to hydrolysis) is 1. The normalized spacial score (nSPS) is 17.2. The maximum atomic E-state index is 15.3. The van der Waals surface area contributed by atoms with Crippen molar-refractivity contribution in [1.29, 1.82) is 0 Å². The molecule has 8 amide bonds. The second-order valence-corrected chi connectivity index (χ2v) is 18.4. The minimum atomic E-state index is -2.05. The first-order valence-electron chi connectivity index (χ1n) is 24.8. The Balaban J connectivity index is 0.770. The van der Waals surface area contributed by atoms with Gasteiger partial charge in [-0.25, -0.2) is 19.0 Å². The fraction of sp³-hybridized carbons (Fsp3) is 0.404. The van der Waals surface area contributed by atoms with Gasteiger partial charge in [-0.15, -0.1) is 0 Å². The zero-order valence-electron chi connectivity index (χ0n) is 42.0. The summed E-state index contributed by atoms with van der Waals surface area (Å²) < 4.78 is 38.2. The molecule has 0 fully saturated rings. The van der Waals surface area contributed by atoms with Crippen molar-refractivity contribution in [3.8, 4) is 11.4 Å². The van der Waals surface area contributed by atoms with E-state index in [1.165, 1.54) is 10.6 Å². The molecular formula is C52H56FN9O15. The highest BCUT2D eigenvalue weighted by atomic mass is 19.1. The first kappa shape index (κ1) is 54.8. The van der Waals surface area contributed by atoms with E-state index in [1.807, 2.05) is 0 Å². The maximum Gasteiger partial charge on any atom is 0.407 e. The molecule has 77 heavy (non-hydrogen) atoms. The maximum absolute atomic E-state index is 15.3. The third-order valence-corrected chi connectivity index (χ3v) is 13.6. The van der Waals surface area contributed by atoms with E-state index in [0.29, 0.717) is 57.4 Å². The van der Waals surface area contributed by atoms with Gasteiger partial charge in [-0.3, -0.25) is 43.3 Å². The number of imide groups is 1. The second kappa shape index (κ2) is 24.1. The molecule has 4 aliphatic rings. The zero-order chi connectivity index (χ0) is 55.0. The molecule has 0 spiro atoms. The molecule has 1 unspecified atom stereocenters. The fourth-order valence-corrected chi connectivity index (χ4v) is 9.52. The van der Waals surface area contributed by atoms with Crippen molar-refractivity contribution in [3.63, 3.8) is 0 Å². The SMILES string of the molecule is CC[C@@]1(O)C(=O)OCc2c1cc1n(c2=O)Cc2c-1nc1cc(F)c(C)c3c1c2[C@@H](NC(=O)OCCOCNC(=O)CNC(=O)C(Cc1ccccc1)NC(=O)CNC(=O)CNC(=O)CCOCCN1C(=O)C=CC1=O)CC3. The molecule has 2 aromatic carbocycles. The Morgan fingerprint density at radius 1 is 0.857 bits per heavy atom. The molecule has 3 aliphatic heterocycles. The highest BCUT2D eigenvalue weighted by molar-refractivity contribution is 6.12. The van der Waals surface area contributed by atoms with Crippen LogP contribution in [0.3, 0.4) is 0 Å². The van der Waals surface area contributed by atoms with Crippen molar-refractivity contribution >= 4 is 64.3 Å². The Labute approximate surface area is 438 Å². The minimum absolute atomic E-state index is 0.0205. The van der Waals surface area contributed by atoms with E-state index < -0.39 is 102 Å². The molecule has 0 radical (unpaired) electrons. The van der Waals surface area contributed by atoms with Crippen molar-refractivity contribution in [2.24, 2.45) is 0 Å². The largest absolute Gasteiger partial charge is 0.458 e. The van der Waals surface area contributed by atoms with Crippen LogP contribution in [0.4, 0.5) is 9.18 Å². The summed E-state index contributed by atoms with van der Waals surface area (Å²) >= 11 is 0. The molecule has 8 rings (SSSR count). The standard InChI is InChI=1S/C52H56FN9O15/c1-3-52(73)33-20-38-47-31(25-62(38)49(70)32(33)26-77-50(52)71)46-35(10-9-30-28(2)34(53)21-36(59-47)45(30)46)60-51(72)76-18-17-75-27-57-41(65)23-56-48(69)37(19-29-7-5-4-6-8-29)58-42(66)24-55-40(64)22-54-39(63)13-15-74-16-14-61-43(67)11-12-44(61)68/h4-8,11-12,20-21,35,37,73H,3,9-10,13-19,22-27H2,1-2H3,(H,54,63)(H,55,64)(H,56,69)(H,57,65)(H,58,66)(H,60,72)/t35-,37?,52-/m0/s1. The number of hydrogen-bond donors (Lipinski definition) is 7. The van der Waals surface area contributed by atoms with Gasteiger partial charge in [0.05, 0.1) is 81.1 Å². The summed E-state index contributed by atoms with van der Waals surface area (Å²) in [5.74, 6) is -5.53. The Morgan fingerprint density at radius 2 is 1.57 bits per heavy atom. The van der Waals surface area contributed by atoms with Crippen LogP contribution < -0.4 is 37.5 Å². The number of cyclic esters (lactones) is 1. The number of aromatic nitrogens is 2. The van der Waals surface area contributed by atoms with Gasteiger partial charge in [-0.05, 0) is 54.5 Å². The number of ether oxygens (including phenoxy) is 4. The number of halogens is 1. The number of benzene rings is 2. The monoisotopic (exact) mass is 1070 g/mol. The molecule has 3 atom stereocenters. The highest BCUT2D eigenvalue weighted by Gasteiger charge is 2.46. The highest BCUT2D eigenvalue weighted by Crippen LogP contribution is 2.46. The number of nitrogens with zero attached hydrogens (tertiary/aromatic N) is 3. The molecule has 2 aromatic heterocycles. The Morgan fingerprint density at radius 3 is 2.32 bits per heavy atom. The van der Waals surface area contributed by atoms with Gasteiger partial charge in [0, 0.05) is 47.6 Å². The fourth-order valence-electron chi connectivity index (χ4n) is 9.52. The number of aliphatic hydroxyl groups is 1. The summed E-state index contributed by atoms with van der Waals surface area (Å²) in [7, 11) is 0. The van der Waals surface area contributed by atoms with Crippen LogP contribution in [0, 0.1) is 12.7 Å². The van der Waals surface area contributed by atoms with Crippen molar-refractivity contribution in [3.05, 3.63) is 110 Å². The molecule has 0 saturated carbocycles. The van der Waals surface area contributed by atoms with Crippen LogP contribution in [0.15, 0.2) is 59.4 Å². The molecule has 406 valence electrons. The topological polar surface area (TPSA) is 321 Å². The summed E-state index contributed by atoms with van der Waals surface area (Å²) in [6.45, 7) is 0.820. The number of carbonyl (C=O) groups excluding carboxylic acids is 9. The lowest BCUT2D eigenvalue weighted by Gasteiger charge is -2.31. The van der Waals surface area contributed by atoms with Crippen molar-refractivity contribution in [1.82, 2.24) is 46.4 Å². The number of nitrogens with one attached hydrogen (secondary N) is 6. The molecule has 4 aromatic rings. The smallest absolute Gasteiger partial charge is 0.407 e. The Kier molecular flexibility index (Phi) is 17.1. The van der Waals surface area contributed by atoms with E-state index >= 15 is 4.39 Å². The predicted octanol–water partition coefficient (Wildman–Crippen LogP) is -0.261. The average molecular weight is 1070 g/mol. The number of amides is 8. The van der Waals surface area contributed by atoms with E-state index in [2.05, 4.69) is 31.9 Å². The first-order valence-corrected chi connectivity index (χ1v) is 24.8. The van der Waals surface area contributed by atoms with Crippen molar-refractivity contribution in [2.75, 3.05) is 59.3 Å². The number of hydrogen-bond acceptors (Lipinski definition) is 16. The van der Waals surface area contributed by atoms with Crippen LogP contribution >= 0.6 is 0 Å². The van der Waals surface area contributed by atoms with Gasteiger partial charge in [0.15, 0.2) is 5.60 Å². The minimum Gasteiger partial charge on any atom is -0.458 e. The Bertz CT molecular complexity index is 3130. The van der Waals surface area contributed by atoms with E-state index in [0.717, 1.165) is 22.6 Å². The van der Waals surface area contributed by atoms with Gasteiger partial charge in [0.2, 0.25) is 29.5 Å². The molecular weight excluding hydrogens is 1010 g/mol. The van der Waals surface area contributed by atoms with Crippen molar-refractivity contribution in [2.45, 2.75) is 76.8 Å². The number of esters is 1. The summed E-state index contributed by atoms with van der Waals surface area (Å²) in [6.07, 6.45) is 2.13. The lowest BCUT2D eigenvalue weighted by atomic mass is 9.81. The van der Waals surface area contributed by atoms with Gasteiger partial charge in [0.1, 0.15) is 31.8 Å². The quantitative estimate of drug-likeness (QED) is 0.0192. The van der Waals surface area contributed by atoms with Crippen LogP contribution in [0.1, 0.15) is 71.2 Å². The summed E-state index contributed by atoms with van der Waals surface area (Å²) in [5, 5.41) is 27.1. The molecule has 0 bridgehead atoms. The summed E-state index contributed by atoms with van der Waals surface area (Å²) in [4.78, 5) is 132. The van der Waals surface area contributed by atoms with E-state index in [4.69, 9.17) is 23.9 Å². The third kappa shape index (κ3) is 12.3. The van der Waals surface area contributed by atoms with E-state index in [1.54, 1.807) is 50.2 Å². The molecule has 24 nitrogen and oxygen atoms in total. The molecule has 0 saturated heterocycles. The zero-order valence-corrected chi connectivity index (χ0v) is 42.0. The molecule has 1 aliphatic carbocycles. The van der Waals surface area contributed by atoms with Crippen LogP contribution in [0.5, 0.6) is 0 Å². The van der Waals surface area contributed by atoms with Gasteiger partial charge >= 0.3 is 12.1 Å². The van der Waals surface area contributed by atoms with Gasteiger partial charge in [-0.2, -0.15) is 0 Å². The lowest BCUT2D eigenvalue weighted by Crippen LogP contribution is -2.52. The van der Waals surface area contributed by atoms with Gasteiger partial charge in [0.25, 0.3) is 17.4 Å². The first-order chi connectivity index (χ1) is 37.0. The number of rotatable bonds is 23. The van der Waals surface area contributed by atoms with Crippen LogP contribution in [0.25, 0.3) is 22.3 Å². The molecule has 25 heteroatoms. The molecule has 7 N–H and O–H groups in total. The predicted molar refractivity (Wildman–Crippen MR) is 266 cm³/mol. The number of aryl methyl sites for hydroxylation is 1. The third-order valence-electron chi connectivity index (χ3n) is 13.6. The second-order valence-electron chi connectivity index (χ2n) is 18.4. The van der Waals surface area contributed by atoms with Crippen molar-refractivity contribution < 1.29 is 71.6 Å². The summed E-state index contributed by atoms with van der Waals surface area (Å²) in [6, 6.07) is 9.78. The lowest BCUT2D eigenvalue weighted by molar-refractivity contribution is -0.172. The molecule has 5 heterocycles. The number of pyridine rings is 2. The van der Waals surface area contributed by atoms with Crippen LogP contribution in [-0.2, 0) is 88.9 Å². The average Bonchev–Trinajstić information content (AvgIpc) is 4.10. The van der Waals surface area contributed by atoms with E-state index in [9.17, 15) is 53.1 Å². The van der Waals surface area contributed by atoms with Crippen LogP contribution in [-0.4, -0.2) is 138 Å². The van der Waals surface area contributed by atoms with Gasteiger partial charge < -0.3 is 60.5 Å². The Hall–Kier alpha value is -8.42. The number of fused-ring (bicyclic) bond motifs is 5. The number of carbonyl (C=O) groups is 9.